The van der Waals surface area contributed by atoms with Gasteiger partial charge in [-0.15, -0.1) is 0 Å². The number of aromatic nitrogens is 2. The van der Waals surface area contributed by atoms with Crippen LogP contribution in [0.1, 0.15) is 11.1 Å². The highest BCUT2D eigenvalue weighted by atomic mass is 79.9. The summed E-state index contributed by atoms with van der Waals surface area (Å²) < 4.78 is 2.78. The zero-order chi connectivity index (χ0) is 14.1. The molecule has 0 fully saturated rings. The molecule has 3 aromatic rings. The van der Waals surface area contributed by atoms with E-state index in [1.807, 2.05) is 47.1 Å². The predicted octanol–water partition coefficient (Wildman–Crippen LogP) is 3.70. The van der Waals surface area contributed by atoms with Crippen LogP contribution in [0.15, 0.2) is 58.1 Å². The fraction of sp³-hybridized carbons (Fsp3) is 0.0667. The van der Waals surface area contributed by atoms with Crippen molar-refractivity contribution in [2.24, 2.45) is 0 Å². The van der Waals surface area contributed by atoms with Crippen LogP contribution >= 0.6 is 27.5 Å². The highest BCUT2D eigenvalue weighted by molar-refractivity contribution is 9.10. The molecule has 0 amide bonds. The van der Waals surface area contributed by atoms with E-state index >= 15 is 0 Å². The van der Waals surface area contributed by atoms with Gasteiger partial charge < -0.3 is 4.40 Å². The van der Waals surface area contributed by atoms with Gasteiger partial charge in [0.05, 0.1) is 0 Å². The third-order valence-corrected chi connectivity index (χ3v) is 3.73. The quantitative estimate of drug-likeness (QED) is 0.707. The molecule has 0 aliphatic rings. The Morgan fingerprint density at radius 1 is 1.10 bits per heavy atom. The van der Waals surface area contributed by atoms with Crippen LogP contribution < -0.4 is 5.56 Å². The Kier molecular flexibility index (Phi) is 3.59. The molecule has 2 aromatic heterocycles. The fourth-order valence-electron chi connectivity index (χ4n) is 2.02. The number of rotatable bonds is 2. The summed E-state index contributed by atoms with van der Waals surface area (Å²) in [6.07, 6.45) is 4.25. The lowest BCUT2D eigenvalue weighted by molar-refractivity contribution is 0.999. The number of pyridine rings is 1. The highest BCUT2D eigenvalue weighted by Gasteiger charge is 2.05. The molecule has 3 nitrogen and oxygen atoms in total. The van der Waals surface area contributed by atoms with Crippen LogP contribution in [0.2, 0.25) is 5.02 Å². The van der Waals surface area contributed by atoms with E-state index in [9.17, 15) is 4.79 Å². The minimum Gasteiger partial charge on any atom is -0.307 e. The van der Waals surface area contributed by atoms with Crippen molar-refractivity contribution >= 4 is 33.2 Å². The van der Waals surface area contributed by atoms with Crippen LogP contribution in [0.5, 0.6) is 0 Å². The number of benzene rings is 1. The van der Waals surface area contributed by atoms with Gasteiger partial charge in [-0.3, -0.25) is 4.79 Å². The number of hydrogen-bond acceptors (Lipinski definition) is 2. The maximum Gasteiger partial charge on any atom is 0.276 e. The molecule has 0 radical (unpaired) electrons. The van der Waals surface area contributed by atoms with Gasteiger partial charge in [0.15, 0.2) is 0 Å². The largest absolute Gasteiger partial charge is 0.307 e. The van der Waals surface area contributed by atoms with Crippen molar-refractivity contribution < 1.29 is 0 Å². The Morgan fingerprint density at radius 2 is 1.85 bits per heavy atom. The van der Waals surface area contributed by atoms with Gasteiger partial charge in [0.1, 0.15) is 5.65 Å². The molecule has 0 bridgehead atoms. The highest BCUT2D eigenvalue weighted by Crippen LogP contribution is 2.13. The lowest BCUT2D eigenvalue weighted by atomic mass is 10.1. The van der Waals surface area contributed by atoms with Crippen LogP contribution in [0, 0.1) is 0 Å². The normalized spacial score (nSPS) is 10.9. The topological polar surface area (TPSA) is 34.4 Å². The molecular formula is C15H10BrClN2O. The minimum absolute atomic E-state index is 0.192. The van der Waals surface area contributed by atoms with Crippen molar-refractivity contribution in [3.05, 3.63) is 79.8 Å². The second-order valence-corrected chi connectivity index (χ2v) is 5.84. The van der Waals surface area contributed by atoms with Crippen LogP contribution in [0.3, 0.4) is 0 Å². The van der Waals surface area contributed by atoms with Crippen molar-refractivity contribution in [3.8, 4) is 0 Å². The molecule has 20 heavy (non-hydrogen) atoms. The van der Waals surface area contributed by atoms with Gasteiger partial charge >= 0.3 is 0 Å². The first-order valence-corrected chi connectivity index (χ1v) is 7.21. The summed E-state index contributed by atoms with van der Waals surface area (Å²) in [6.45, 7) is 0. The van der Waals surface area contributed by atoms with Crippen molar-refractivity contribution in [1.29, 1.82) is 0 Å². The van der Waals surface area contributed by atoms with E-state index in [4.69, 9.17) is 11.6 Å². The summed E-state index contributed by atoms with van der Waals surface area (Å²) >= 11 is 9.27. The van der Waals surface area contributed by atoms with Gasteiger partial charge in [-0.1, -0.05) is 23.7 Å². The van der Waals surface area contributed by atoms with Crippen LogP contribution in [-0.2, 0) is 6.42 Å². The van der Waals surface area contributed by atoms with Crippen molar-refractivity contribution in [2.45, 2.75) is 6.42 Å². The molecule has 2 heterocycles. The maximum absolute atomic E-state index is 12.0. The van der Waals surface area contributed by atoms with Crippen molar-refractivity contribution in [3.63, 3.8) is 0 Å². The van der Waals surface area contributed by atoms with E-state index < -0.39 is 0 Å². The first-order chi connectivity index (χ1) is 9.61. The number of fused-ring (bicyclic) bond motifs is 1. The molecular weight excluding hydrogens is 340 g/mol. The maximum atomic E-state index is 12.0. The first-order valence-electron chi connectivity index (χ1n) is 6.04. The van der Waals surface area contributed by atoms with E-state index in [1.165, 1.54) is 0 Å². The lowest BCUT2D eigenvalue weighted by Crippen LogP contribution is -2.15. The van der Waals surface area contributed by atoms with E-state index in [2.05, 4.69) is 20.9 Å². The molecule has 0 aliphatic heterocycles. The molecule has 0 saturated carbocycles. The zero-order valence-electron chi connectivity index (χ0n) is 10.4. The van der Waals surface area contributed by atoms with Gasteiger partial charge in [-0.2, -0.15) is 4.98 Å². The molecule has 1 aromatic carbocycles. The van der Waals surface area contributed by atoms with E-state index in [-0.39, 0.29) is 5.56 Å². The monoisotopic (exact) mass is 348 g/mol. The summed E-state index contributed by atoms with van der Waals surface area (Å²) in [6, 6.07) is 11.1. The number of hydrogen-bond donors (Lipinski definition) is 0. The summed E-state index contributed by atoms with van der Waals surface area (Å²) in [5, 5.41) is 0.686. The Labute approximate surface area is 129 Å². The van der Waals surface area contributed by atoms with Gasteiger partial charge in [0.2, 0.25) is 0 Å². The molecule has 0 aliphatic carbocycles. The third kappa shape index (κ3) is 2.76. The standard InChI is InChI=1S/C15H10BrClN2O/c16-12-3-6-14-18-15(20)11(8-19(14)9-12)7-10-1-4-13(17)5-2-10/h1-6,8-9H,7H2. The van der Waals surface area contributed by atoms with E-state index in [0.717, 1.165) is 10.0 Å². The number of nitrogens with zero attached hydrogens (tertiary/aromatic N) is 2. The van der Waals surface area contributed by atoms with Gasteiger partial charge in [0.25, 0.3) is 5.56 Å². The molecule has 0 saturated heterocycles. The van der Waals surface area contributed by atoms with Gasteiger partial charge in [-0.05, 0) is 45.8 Å². The Hall–Kier alpha value is -1.65. The van der Waals surface area contributed by atoms with Crippen molar-refractivity contribution in [1.82, 2.24) is 9.38 Å². The third-order valence-electron chi connectivity index (χ3n) is 3.01. The Morgan fingerprint density at radius 3 is 2.60 bits per heavy atom. The smallest absolute Gasteiger partial charge is 0.276 e. The Balaban J connectivity index is 2.04. The van der Waals surface area contributed by atoms with Crippen LogP contribution in [0.4, 0.5) is 0 Å². The SMILES string of the molecule is O=c1nc2ccc(Br)cn2cc1Cc1ccc(Cl)cc1. The average Bonchev–Trinajstić information content (AvgIpc) is 2.42. The zero-order valence-corrected chi connectivity index (χ0v) is 12.7. The van der Waals surface area contributed by atoms with Gasteiger partial charge in [-0.25, -0.2) is 0 Å². The molecule has 0 unspecified atom stereocenters. The number of halogens is 2. The molecule has 0 N–H and O–H groups in total. The lowest BCUT2D eigenvalue weighted by Gasteiger charge is -2.05. The minimum atomic E-state index is -0.192. The molecule has 5 heteroatoms. The second-order valence-electron chi connectivity index (χ2n) is 4.49. The van der Waals surface area contributed by atoms with Crippen LogP contribution in [-0.4, -0.2) is 9.38 Å². The Bertz CT molecular complexity index is 827. The molecule has 100 valence electrons. The predicted molar refractivity (Wildman–Crippen MR) is 83.4 cm³/mol. The second kappa shape index (κ2) is 5.38. The van der Waals surface area contributed by atoms with E-state index in [0.29, 0.717) is 22.7 Å². The van der Waals surface area contributed by atoms with Crippen molar-refractivity contribution in [2.75, 3.05) is 0 Å². The molecule has 0 spiro atoms. The average molecular weight is 350 g/mol. The molecule has 0 atom stereocenters. The van der Waals surface area contributed by atoms with Crippen LogP contribution in [0.25, 0.3) is 5.65 Å². The van der Waals surface area contributed by atoms with Gasteiger partial charge in [0, 0.05) is 33.9 Å². The fourth-order valence-corrected chi connectivity index (χ4v) is 2.50. The summed E-state index contributed by atoms with van der Waals surface area (Å²) in [7, 11) is 0. The molecule has 3 rings (SSSR count). The van der Waals surface area contributed by atoms with E-state index in [1.54, 1.807) is 6.07 Å². The summed E-state index contributed by atoms with van der Waals surface area (Å²) in [5.41, 5.74) is 2.13. The summed E-state index contributed by atoms with van der Waals surface area (Å²) in [4.78, 5) is 16.1. The first kappa shape index (κ1) is 13.3. The summed E-state index contributed by atoms with van der Waals surface area (Å²) in [5.74, 6) is 0.